The number of nitrogens with zero attached hydrogens (tertiary/aromatic N) is 1. The van der Waals surface area contributed by atoms with Gasteiger partial charge in [0, 0.05) is 5.41 Å². The molecule has 3 fully saturated rings. The van der Waals surface area contributed by atoms with Gasteiger partial charge in [0.15, 0.2) is 0 Å². The molecular formula is C29H43NO4S. The molecule has 4 rings (SSSR count). The summed E-state index contributed by atoms with van der Waals surface area (Å²) >= 11 is 0. The van der Waals surface area contributed by atoms with E-state index in [1.165, 1.54) is 9.87 Å². The zero-order valence-corrected chi connectivity index (χ0v) is 22.7. The SMILES string of the molecule is CCCCCCC(O)C(C/C=C/c1ccc(C)cc1)C(=O)N1[C@H]2C[C@@H]3CC[C@@]2(CS1(=O)=O)C3(C)C. The second-order valence-corrected chi connectivity index (χ2v) is 13.7. The Morgan fingerprint density at radius 2 is 1.91 bits per heavy atom. The van der Waals surface area contributed by atoms with Crippen molar-refractivity contribution < 1.29 is 18.3 Å². The summed E-state index contributed by atoms with van der Waals surface area (Å²) in [5.41, 5.74) is 1.78. The van der Waals surface area contributed by atoms with E-state index < -0.39 is 28.0 Å². The van der Waals surface area contributed by atoms with Gasteiger partial charge >= 0.3 is 0 Å². The van der Waals surface area contributed by atoms with Crippen LogP contribution in [0.5, 0.6) is 0 Å². The molecule has 194 valence electrons. The highest BCUT2D eigenvalue weighted by atomic mass is 32.2. The van der Waals surface area contributed by atoms with E-state index in [0.29, 0.717) is 18.8 Å². The van der Waals surface area contributed by atoms with Crippen molar-refractivity contribution in [3.63, 3.8) is 0 Å². The molecule has 0 aromatic heterocycles. The molecule has 1 spiro atoms. The van der Waals surface area contributed by atoms with Gasteiger partial charge in [0.1, 0.15) is 0 Å². The van der Waals surface area contributed by atoms with E-state index in [1.54, 1.807) is 0 Å². The summed E-state index contributed by atoms with van der Waals surface area (Å²) in [7, 11) is -3.70. The van der Waals surface area contributed by atoms with E-state index in [4.69, 9.17) is 0 Å². The number of benzene rings is 1. The molecule has 2 bridgehead atoms. The fraction of sp³-hybridized carbons (Fsp3) is 0.690. The van der Waals surface area contributed by atoms with Crippen LogP contribution in [0.2, 0.25) is 0 Å². The minimum Gasteiger partial charge on any atom is -0.392 e. The number of amides is 1. The van der Waals surface area contributed by atoms with Crippen LogP contribution in [0.15, 0.2) is 30.3 Å². The largest absolute Gasteiger partial charge is 0.392 e. The van der Waals surface area contributed by atoms with Crippen LogP contribution in [0.4, 0.5) is 0 Å². The number of carbonyl (C=O) groups is 1. The molecular weight excluding hydrogens is 458 g/mol. The summed E-state index contributed by atoms with van der Waals surface area (Å²) in [6.45, 7) is 8.57. The zero-order valence-electron chi connectivity index (χ0n) is 21.9. The van der Waals surface area contributed by atoms with E-state index >= 15 is 0 Å². The maximum Gasteiger partial charge on any atom is 0.242 e. The first-order valence-electron chi connectivity index (χ1n) is 13.5. The number of sulfonamides is 1. The van der Waals surface area contributed by atoms with Crippen LogP contribution >= 0.6 is 0 Å². The molecule has 5 nitrogen and oxygen atoms in total. The topological polar surface area (TPSA) is 74.7 Å². The fourth-order valence-corrected chi connectivity index (χ4v) is 9.76. The average Bonchev–Trinajstić information content (AvgIpc) is 3.28. The maximum absolute atomic E-state index is 14.0. The van der Waals surface area contributed by atoms with Crippen LogP contribution in [0, 0.1) is 29.6 Å². The number of unbranched alkanes of at least 4 members (excludes halogenated alkanes) is 3. The van der Waals surface area contributed by atoms with Gasteiger partial charge in [-0.25, -0.2) is 12.7 Å². The Balaban J connectivity index is 1.57. The Morgan fingerprint density at radius 3 is 2.57 bits per heavy atom. The Morgan fingerprint density at radius 1 is 1.20 bits per heavy atom. The average molecular weight is 502 g/mol. The van der Waals surface area contributed by atoms with Gasteiger partial charge in [0.25, 0.3) is 0 Å². The van der Waals surface area contributed by atoms with Gasteiger partial charge in [-0.1, -0.05) is 88.4 Å². The van der Waals surface area contributed by atoms with E-state index in [2.05, 4.69) is 20.8 Å². The summed E-state index contributed by atoms with van der Waals surface area (Å²) in [5, 5.41) is 11.1. The van der Waals surface area contributed by atoms with E-state index in [-0.39, 0.29) is 22.6 Å². The molecule has 1 saturated heterocycles. The van der Waals surface area contributed by atoms with Crippen LogP contribution in [0.3, 0.4) is 0 Å². The predicted molar refractivity (Wildman–Crippen MR) is 141 cm³/mol. The Kier molecular flexibility index (Phi) is 7.55. The number of aliphatic hydroxyl groups excluding tert-OH is 1. The first-order valence-corrected chi connectivity index (χ1v) is 15.1. The minimum absolute atomic E-state index is 0.0679. The molecule has 1 aromatic carbocycles. The first-order chi connectivity index (χ1) is 16.5. The standard InChI is InChI=1S/C29H43NO4S/c1-5-6-7-8-12-25(31)24(11-9-10-22-15-13-21(2)14-16-22)27(32)30-26-19-23-17-18-29(26,28(23,3)4)20-35(30,33)34/h9-10,13-16,23-26,31H,5-8,11-12,17-20H2,1-4H3/b10-9+/t23-,24?,25?,26-,29-/m0/s1. The van der Waals surface area contributed by atoms with Gasteiger partial charge in [-0.05, 0) is 55.9 Å². The van der Waals surface area contributed by atoms with Crippen LogP contribution in [0.1, 0.15) is 89.7 Å². The number of fused-ring (bicyclic) bond motifs is 1. The quantitative estimate of drug-likeness (QED) is 0.417. The van der Waals surface area contributed by atoms with Crippen LogP contribution in [0.25, 0.3) is 6.08 Å². The second-order valence-electron chi connectivity index (χ2n) is 11.8. The lowest BCUT2D eigenvalue weighted by atomic mass is 9.69. The summed E-state index contributed by atoms with van der Waals surface area (Å²) < 4.78 is 28.1. The lowest BCUT2D eigenvalue weighted by Crippen LogP contribution is -2.48. The lowest BCUT2D eigenvalue weighted by molar-refractivity contribution is -0.137. The number of carbonyl (C=O) groups excluding carboxylic acids is 1. The van der Waals surface area contributed by atoms with Crippen LogP contribution in [-0.4, -0.2) is 41.6 Å². The zero-order chi connectivity index (χ0) is 25.4. The van der Waals surface area contributed by atoms with Crippen molar-refractivity contribution in [3.8, 4) is 0 Å². The van der Waals surface area contributed by atoms with Crippen molar-refractivity contribution in [1.29, 1.82) is 0 Å². The van der Waals surface area contributed by atoms with Crippen molar-refractivity contribution in [2.75, 3.05) is 5.75 Å². The number of rotatable bonds is 10. The molecule has 2 aliphatic carbocycles. The monoisotopic (exact) mass is 501 g/mol. The second kappa shape index (κ2) is 10.0. The smallest absolute Gasteiger partial charge is 0.242 e. The highest BCUT2D eigenvalue weighted by molar-refractivity contribution is 7.90. The van der Waals surface area contributed by atoms with E-state index in [9.17, 15) is 18.3 Å². The third-order valence-electron chi connectivity index (χ3n) is 9.54. The number of hydrogen-bond donors (Lipinski definition) is 1. The van der Waals surface area contributed by atoms with Crippen molar-refractivity contribution in [1.82, 2.24) is 4.31 Å². The Bertz CT molecular complexity index is 1040. The molecule has 2 unspecified atom stereocenters. The van der Waals surface area contributed by atoms with Crippen molar-refractivity contribution in [2.45, 2.75) is 97.6 Å². The molecule has 0 radical (unpaired) electrons. The first kappa shape index (κ1) is 26.4. The summed E-state index contributed by atoms with van der Waals surface area (Å²) in [6, 6.07) is 7.87. The Labute approximate surface area is 212 Å². The normalized spacial score (nSPS) is 30.0. The lowest BCUT2D eigenvalue weighted by Gasteiger charge is -2.37. The van der Waals surface area contributed by atoms with Gasteiger partial charge in [0.2, 0.25) is 15.9 Å². The molecule has 1 N–H and O–H groups in total. The number of allylic oxidation sites excluding steroid dienone is 1. The van der Waals surface area contributed by atoms with Gasteiger partial charge in [-0.15, -0.1) is 0 Å². The van der Waals surface area contributed by atoms with E-state index in [1.807, 2.05) is 43.3 Å². The van der Waals surface area contributed by atoms with Gasteiger partial charge < -0.3 is 5.11 Å². The van der Waals surface area contributed by atoms with Crippen molar-refractivity contribution in [2.24, 2.45) is 22.7 Å². The van der Waals surface area contributed by atoms with Gasteiger partial charge in [-0.2, -0.15) is 0 Å². The molecule has 1 aliphatic heterocycles. The molecule has 1 amide bonds. The molecule has 6 heteroatoms. The number of aryl methyl sites for hydroxylation is 1. The fourth-order valence-electron chi connectivity index (χ4n) is 7.17. The predicted octanol–water partition coefficient (Wildman–Crippen LogP) is 5.71. The van der Waals surface area contributed by atoms with Crippen molar-refractivity contribution >= 4 is 22.0 Å². The molecule has 2 saturated carbocycles. The molecule has 5 atom stereocenters. The van der Waals surface area contributed by atoms with E-state index in [0.717, 1.165) is 50.5 Å². The minimum atomic E-state index is -3.70. The van der Waals surface area contributed by atoms with Crippen LogP contribution < -0.4 is 0 Å². The highest BCUT2D eigenvalue weighted by Crippen LogP contribution is 2.70. The van der Waals surface area contributed by atoms with Gasteiger partial charge in [-0.3, -0.25) is 4.79 Å². The Hall–Kier alpha value is -1.66. The van der Waals surface area contributed by atoms with Crippen molar-refractivity contribution in [3.05, 3.63) is 41.5 Å². The summed E-state index contributed by atoms with van der Waals surface area (Å²) in [4.78, 5) is 14.0. The summed E-state index contributed by atoms with van der Waals surface area (Å²) in [6.07, 6.45) is 10.6. The van der Waals surface area contributed by atoms with Crippen LogP contribution in [-0.2, 0) is 14.8 Å². The highest BCUT2D eigenvalue weighted by Gasteiger charge is 2.72. The molecule has 3 aliphatic rings. The number of aliphatic hydroxyl groups is 1. The number of hydrogen-bond acceptors (Lipinski definition) is 4. The molecule has 35 heavy (non-hydrogen) atoms. The third-order valence-corrected chi connectivity index (χ3v) is 11.5. The summed E-state index contributed by atoms with van der Waals surface area (Å²) in [5.74, 6) is -0.618. The van der Waals surface area contributed by atoms with Gasteiger partial charge in [0.05, 0.1) is 23.8 Å². The molecule has 1 heterocycles. The molecule has 1 aromatic rings. The maximum atomic E-state index is 14.0. The third kappa shape index (κ3) is 4.73.